The lowest BCUT2D eigenvalue weighted by molar-refractivity contribution is -0.127. The van der Waals surface area contributed by atoms with Gasteiger partial charge >= 0.3 is 0 Å². The molecule has 0 aliphatic carbocycles. The van der Waals surface area contributed by atoms with E-state index in [2.05, 4.69) is 17.6 Å². The zero-order chi connectivity index (χ0) is 13.2. The Kier molecular flexibility index (Phi) is 6.12. The van der Waals surface area contributed by atoms with Crippen molar-refractivity contribution < 1.29 is 4.79 Å². The highest BCUT2D eigenvalue weighted by Crippen LogP contribution is 2.28. The van der Waals surface area contributed by atoms with Gasteiger partial charge in [-0.3, -0.25) is 4.79 Å². The molecule has 1 aromatic rings. The first-order valence-corrected chi connectivity index (χ1v) is 7.58. The zero-order valence-electron chi connectivity index (χ0n) is 11.2. The van der Waals surface area contributed by atoms with Gasteiger partial charge in [-0.1, -0.05) is 18.5 Å². The van der Waals surface area contributed by atoms with Crippen LogP contribution in [0.4, 0.5) is 0 Å². The highest BCUT2D eigenvalue weighted by molar-refractivity contribution is 7.16. The first-order chi connectivity index (χ1) is 8.57. The van der Waals surface area contributed by atoms with E-state index in [1.807, 2.05) is 19.1 Å². The van der Waals surface area contributed by atoms with Gasteiger partial charge in [-0.2, -0.15) is 0 Å². The fraction of sp³-hybridized carbons (Fsp3) is 0.615. The Morgan fingerprint density at radius 1 is 1.63 bits per heavy atom. The predicted molar refractivity (Wildman–Crippen MR) is 83.4 cm³/mol. The molecule has 2 N–H and O–H groups in total. The van der Waals surface area contributed by atoms with Crippen LogP contribution in [0.5, 0.6) is 0 Å². The molecule has 6 heteroatoms. The Hall–Kier alpha value is -0.290. The van der Waals surface area contributed by atoms with E-state index in [-0.39, 0.29) is 29.9 Å². The molecule has 1 saturated heterocycles. The smallest absolute Gasteiger partial charge is 0.240 e. The molecule has 1 fully saturated rings. The average molecular weight is 323 g/mol. The first kappa shape index (κ1) is 16.8. The van der Waals surface area contributed by atoms with E-state index in [1.54, 1.807) is 0 Å². The van der Waals surface area contributed by atoms with Crippen LogP contribution >= 0.6 is 35.3 Å². The molecule has 2 atom stereocenters. The number of carbonyl (C=O) groups is 1. The molecule has 0 aromatic carbocycles. The van der Waals surface area contributed by atoms with Crippen LogP contribution in [0.1, 0.15) is 44.0 Å². The van der Waals surface area contributed by atoms with Crippen LogP contribution in [0, 0.1) is 0 Å². The minimum atomic E-state index is -0.366. The number of hydrogen-bond donors (Lipinski definition) is 2. The van der Waals surface area contributed by atoms with Crippen molar-refractivity contribution in [1.29, 1.82) is 0 Å². The summed E-state index contributed by atoms with van der Waals surface area (Å²) in [4.78, 5) is 13.5. The van der Waals surface area contributed by atoms with Crippen molar-refractivity contribution in [2.75, 3.05) is 6.54 Å². The number of rotatable bonds is 4. The summed E-state index contributed by atoms with van der Waals surface area (Å²) in [6.45, 7) is 4.99. The van der Waals surface area contributed by atoms with Gasteiger partial charge in [0, 0.05) is 4.88 Å². The van der Waals surface area contributed by atoms with Gasteiger partial charge < -0.3 is 10.6 Å². The molecular formula is C13H20Cl2N2OS. The van der Waals surface area contributed by atoms with Gasteiger partial charge in [-0.25, -0.2) is 0 Å². The summed E-state index contributed by atoms with van der Waals surface area (Å²) >= 11 is 7.43. The predicted octanol–water partition coefficient (Wildman–Crippen LogP) is 3.53. The van der Waals surface area contributed by atoms with Crippen LogP contribution in [0.25, 0.3) is 0 Å². The molecule has 2 unspecified atom stereocenters. The fourth-order valence-electron chi connectivity index (χ4n) is 2.43. The van der Waals surface area contributed by atoms with Crippen molar-refractivity contribution in [1.82, 2.24) is 10.6 Å². The Morgan fingerprint density at radius 2 is 2.37 bits per heavy atom. The van der Waals surface area contributed by atoms with Gasteiger partial charge in [0.1, 0.15) is 0 Å². The second-order valence-electron chi connectivity index (χ2n) is 4.80. The maximum atomic E-state index is 12.4. The topological polar surface area (TPSA) is 41.1 Å². The van der Waals surface area contributed by atoms with Crippen molar-refractivity contribution in [2.24, 2.45) is 0 Å². The maximum absolute atomic E-state index is 12.4. The molecule has 0 spiro atoms. The molecule has 1 aromatic heterocycles. The molecule has 1 aliphatic rings. The van der Waals surface area contributed by atoms with E-state index in [0.29, 0.717) is 0 Å². The molecule has 2 rings (SSSR count). The summed E-state index contributed by atoms with van der Waals surface area (Å²) < 4.78 is 0.760. The standard InChI is InChI=1S/C13H19ClN2OS.ClH/c1-3-13(7-4-8-15-13)12(17)16-9(2)10-5-6-11(14)18-10;/h5-6,9,15H,3-4,7-8H2,1-2H3,(H,16,17);1H. The lowest BCUT2D eigenvalue weighted by atomic mass is 9.93. The molecule has 3 nitrogen and oxygen atoms in total. The largest absolute Gasteiger partial charge is 0.347 e. The molecule has 19 heavy (non-hydrogen) atoms. The van der Waals surface area contributed by atoms with Crippen LogP contribution in [0.2, 0.25) is 4.34 Å². The Bertz CT molecular complexity index is 430. The van der Waals surface area contributed by atoms with Crippen LogP contribution in [-0.4, -0.2) is 18.0 Å². The SMILES string of the molecule is CCC1(C(=O)NC(C)c2ccc(Cl)s2)CCCN1.Cl. The highest BCUT2D eigenvalue weighted by Gasteiger charge is 2.39. The minimum absolute atomic E-state index is 0. The lowest BCUT2D eigenvalue weighted by Gasteiger charge is -2.28. The maximum Gasteiger partial charge on any atom is 0.240 e. The zero-order valence-corrected chi connectivity index (χ0v) is 13.6. The van der Waals surface area contributed by atoms with Gasteiger partial charge in [0.15, 0.2) is 0 Å². The highest BCUT2D eigenvalue weighted by atomic mass is 35.5. The van der Waals surface area contributed by atoms with Gasteiger partial charge in [0.05, 0.1) is 15.9 Å². The van der Waals surface area contributed by atoms with E-state index >= 15 is 0 Å². The first-order valence-electron chi connectivity index (χ1n) is 6.38. The number of carbonyl (C=O) groups excluding carboxylic acids is 1. The Labute approximate surface area is 129 Å². The molecule has 2 heterocycles. The number of halogens is 2. The third-order valence-corrected chi connectivity index (χ3v) is 5.06. The Balaban J connectivity index is 0.00000180. The number of hydrogen-bond acceptors (Lipinski definition) is 3. The summed E-state index contributed by atoms with van der Waals surface area (Å²) in [5, 5.41) is 6.44. The molecular weight excluding hydrogens is 303 g/mol. The molecule has 1 amide bonds. The minimum Gasteiger partial charge on any atom is -0.347 e. The Morgan fingerprint density at radius 3 is 2.84 bits per heavy atom. The number of amides is 1. The van der Waals surface area contributed by atoms with Crippen LogP contribution < -0.4 is 10.6 Å². The van der Waals surface area contributed by atoms with Crippen LogP contribution in [0.3, 0.4) is 0 Å². The molecule has 0 bridgehead atoms. The second-order valence-corrected chi connectivity index (χ2v) is 6.55. The van der Waals surface area contributed by atoms with Crippen molar-refractivity contribution in [2.45, 2.75) is 44.7 Å². The summed E-state index contributed by atoms with van der Waals surface area (Å²) in [6, 6.07) is 3.85. The molecule has 0 radical (unpaired) electrons. The van der Waals surface area contributed by atoms with Crippen molar-refractivity contribution in [3.63, 3.8) is 0 Å². The quantitative estimate of drug-likeness (QED) is 0.890. The summed E-state index contributed by atoms with van der Waals surface area (Å²) in [5.41, 5.74) is -0.366. The van der Waals surface area contributed by atoms with Crippen LogP contribution in [-0.2, 0) is 4.79 Å². The van der Waals surface area contributed by atoms with E-state index in [9.17, 15) is 4.79 Å². The number of thiophene rings is 1. The van der Waals surface area contributed by atoms with Crippen LogP contribution in [0.15, 0.2) is 12.1 Å². The second kappa shape index (κ2) is 6.93. The van der Waals surface area contributed by atoms with Crippen molar-refractivity contribution in [3.8, 4) is 0 Å². The van der Waals surface area contributed by atoms with Gasteiger partial charge in [-0.05, 0) is 44.9 Å². The summed E-state index contributed by atoms with van der Waals surface area (Å²) in [5.74, 6) is 0.111. The van der Waals surface area contributed by atoms with Gasteiger partial charge in [0.25, 0.3) is 0 Å². The van der Waals surface area contributed by atoms with E-state index in [0.717, 1.165) is 35.0 Å². The molecule has 1 aliphatic heterocycles. The lowest BCUT2D eigenvalue weighted by Crippen LogP contribution is -2.53. The summed E-state index contributed by atoms with van der Waals surface area (Å²) in [6.07, 6.45) is 2.82. The van der Waals surface area contributed by atoms with Crippen molar-refractivity contribution >= 4 is 41.3 Å². The van der Waals surface area contributed by atoms with Gasteiger partial charge in [-0.15, -0.1) is 23.7 Å². The van der Waals surface area contributed by atoms with E-state index in [4.69, 9.17) is 11.6 Å². The average Bonchev–Trinajstić information content (AvgIpc) is 2.97. The number of nitrogens with one attached hydrogen (secondary N) is 2. The molecule has 0 saturated carbocycles. The van der Waals surface area contributed by atoms with Crippen molar-refractivity contribution in [3.05, 3.63) is 21.3 Å². The summed E-state index contributed by atoms with van der Waals surface area (Å²) in [7, 11) is 0. The van der Waals surface area contributed by atoms with Gasteiger partial charge in [0.2, 0.25) is 5.91 Å². The fourth-order valence-corrected chi connectivity index (χ4v) is 3.49. The normalized spacial score (nSPS) is 23.7. The van der Waals surface area contributed by atoms with E-state index in [1.165, 1.54) is 11.3 Å². The monoisotopic (exact) mass is 322 g/mol. The third-order valence-electron chi connectivity index (χ3n) is 3.65. The third kappa shape index (κ3) is 3.63. The van der Waals surface area contributed by atoms with E-state index < -0.39 is 0 Å². The molecule has 108 valence electrons.